The predicted octanol–water partition coefficient (Wildman–Crippen LogP) is 3.85. The number of anilines is 1. The summed E-state index contributed by atoms with van der Waals surface area (Å²) in [5, 5.41) is 12.5. The molecule has 0 aliphatic carbocycles. The molecule has 0 spiro atoms. The average Bonchev–Trinajstić information content (AvgIpc) is 2.72. The van der Waals surface area contributed by atoms with E-state index in [1.54, 1.807) is 37.3 Å². The second-order valence-corrected chi connectivity index (χ2v) is 8.67. The Bertz CT molecular complexity index is 1190. The monoisotopic (exact) mass is 426 g/mol. The van der Waals surface area contributed by atoms with Gasteiger partial charge in [-0.1, -0.05) is 12.1 Å². The number of rotatable bonds is 7. The Morgan fingerprint density at radius 2 is 1.83 bits per heavy atom. The molecule has 1 aromatic heterocycles. The van der Waals surface area contributed by atoms with Crippen LogP contribution in [0.2, 0.25) is 0 Å². The number of aryl methyl sites for hydroxylation is 2. The molecule has 0 bridgehead atoms. The van der Waals surface area contributed by atoms with Crippen molar-refractivity contribution in [2.24, 2.45) is 0 Å². The van der Waals surface area contributed by atoms with Gasteiger partial charge in [0.1, 0.15) is 5.75 Å². The summed E-state index contributed by atoms with van der Waals surface area (Å²) >= 11 is 0. The Morgan fingerprint density at radius 1 is 1.13 bits per heavy atom. The molecule has 0 unspecified atom stereocenters. The van der Waals surface area contributed by atoms with Crippen LogP contribution in [-0.2, 0) is 16.4 Å². The fourth-order valence-electron chi connectivity index (χ4n) is 3.22. The second-order valence-electron chi connectivity index (χ2n) is 6.81. The van der Waals surface area contributed by atoms with Crippen LogP contribution in [-0.4, -0.2) is 31.6 Å². The van der Waals surface area contributed by atoms with Gasteiger partial charge in [0.05, 0.1) is 23.3 Å². The van der Waals surface area contributed by atoms with Crippen molar-refractivity contribution < 1.29 is 23.1 Å². The highest BCUT2D eigenvalue weighted by molar-refractivity contribution is 7.91. The summed E-state index contributed by atoms with van der Waals surface area (Å²) < 4.78 is 31.3. The molecule has 0 aliphatic heterocycles. The van der Waals surface area contributed by atoms with Crippen molar-refractivity contribution in [2.45, 2.75) is 30.3 Å². The lowest BCUT2D eigenvalue weighted by atomic mass is 10.0. The maximum atomic E-state index is 13.1. The molecule has 0 saturated carbocycles. The largest absolute Gasteiger partial charge is 0.497 e. The summed E-state index contributed by atoms with van der Waals surface area (Å²) in [7, 11) is -2.36. The number of carboxylic acid groups (broad SMARTS) is 1. The van der Waals surface area contributed by atoms with E-state index in [1.807, 2.05) is 13.0 Å². The number of ether oxygens (including phenoxy) is 1. The zero-order chi connectivity index (χ0) is 21.9. The Labute approximate surface area is 175 Å². The van der Waals surface area contributed by atoms with Gasteiger partial charge in [-0.3, -0.25) is 0 Å². The van der Waals surface area contributed by atoms with E-state index in [4.69, 9.17) is 4.74 Å². The lowest BCUT2D eigenvalue weighted by Crippen LogP contribution is -2.13. The van der Waals surface area contributed by atoms with E-state index in [9.17, 15) is 18.3 Å². The number of carboxylic acids is 1. The highest BCUT2D eigenvalue weighted by Crippen LogP contribution is 2.27. The molecule has 7 nitrogen and oxygen atoms in total. The van der Waals surface area contributed by atoms with Crippen molar-refractivity contribution in [3.8, 4) is 5.75 Å². The van der Waals surface area contributed by atoms with E-state index in [1.165, 1.54) is 25.4 Å². The molecule has 156 valence electrons. The minimum absolute atomic E-state index is 0.0793. The summed E-state index contributed by atoms with van der Waals surface area (Å²) in [4.78, 5) is 15.8. The predicted molar refractivity (Wildman–Crippen MR) is 113 cm³/mol. The number of nitrogens with one attached hydrogen (secondary N) is 1. The highest BCUT2D eigenvalue weighted by atomic mass is 32.2. The third-order valence-corrected chi connectivity index (χ3v) is 6.41. The fourth-order valence-corrected chi connectivity index (χ4v) is 4.62. The van der Waals surface area contributed by atoms with Gasteiger partial charge in [-0.25, -0.2) is 18.2 Å². The molecule has 0 fully saturated rings. The summed E-state index contributed by atoms with van der Waals surface area (Å²) in [6.45, 7) is 3.73. The SMILES string of the molecule is COc1ccc(S(=O)(=O)c2ncccc2CNc2c(C)cc(C)cc2C(=O)O)cc1. The molecule has 2 N–H and O–H groups in total. The Kier molecular flexibility index (Phi) is 6.07. The third kappa shape index (κ3) is 4.28. The topological polar surface area (TPSA) is 106 Å². The lowest BCUT2D eigenvalue weighted by Gasteiger charge is -2.15. The zero-order valence-corrected chi connectivity index (χ0v) is 17.7. The Balaban J connectivity index is 1.96. The molecule has 0 aliphatic rings. The van der Waals surface area contributed by atoms with Crippen LogP contribution in [0.1, 0.15) is 27.0 Å². The van der Waals surface area contributed by atoms with E-state index < -0.39 is 15.8 Å². The molecule has 0 radical (unpaired) electrons. The van der Waals surface area contributed by atoms with Crippen molar-refractivity contribution in [3.05, 3.63) is 77.0 Å². The van der Waals surface area contributed by atoms with Gasteiger partial charge in [-0.05, 0) is 61.4 Å². The van der Waals surface area contributed by atoms with Crippen LogP contribution >= 0.6 is 0 Å². The fraction of sp³-hybridized carbons (Fsp3) is 0.182. The summed E-state index contributed by atoms with van der Waals surface area (Å²) in [6, 6.07) is 12.8. The van der Waals surface area contributed by atoms with Crippen LogP contribution in [0.15, 0.2) is 64.6 Å². The van der Waals surface area contributed by atoms with E-state index in [0.29, 0.717) is 17.0 Å². The second kappa shape index (κ2) is 8.54. The molecular formula is C22H22N2O5S. The van der Waals surface area contributed by atoms with Crippen molar-refractivity contribution in [1.82, 2.24) is 4.98 Å². The molecule has 3 rings (SSSR count). The van der Waals surface area contributed by atoms with Crippen LogP contribution in [0.3, 0.4) is 0 Å². The number of methoxy groups -OCH3 is 1. The maximum Gasteiger partial charge on any atom is 0.337 e. The van der Waals surface area contributed by atoms with Gasteiger partial charge in [0.15, 0.2) is 5.03 Å². The lowest BCUT2D eigenvalue weighted by molar-refractivity contribution is 0.0697. The van der Waals surface area contributed by atoms with E-state index in [2.05, 4.69) is 10.3 Å². The molecule has 2 aromatic carbocycles. The summed E-state index contributed by atoms with van der Waals surface area (Å²) in [5.74, 6) is -0.505. The summed E-state index contributed by atoms with van der Waals surface area (Å²) in [5.41, 5.74) is 2.61. The first-order valence-corrected chi connectivity index (χ1v) is 10.6. The van der Waals surface area contributed by atoms with Crippen molar-refractivity contribution in [3.63, 3.8) is 0 Å². The van der Waals surface area contributed by atoms with E-state index >= 15 is 0 Å². The number of hydrogen-bond acceptors (Lipinski definition) is 6. The minimum atomic E-state index is -3.87. The normalized spacial score (nSPS) is 11.2. The number of benzene rings is 2. The smallest absolute Gasteiger partial charge is 0.337 e. The molecular weight excluding hydrogens is 404 g/mol. The maximum absolute atomic E-state index is 13.1. The van der Waals surface area contributed by atoms with Crippen LogP contribution in [0.5, 0.6) is 5.75 Å². The Hall–Kier alpha value is -3.39. The number of sulfone groups is 1. The minimum Gasteiger partial charge on any atom is -0.497 e. The first-order valence-electron chi connectivity index (χ1n) is 9.15. The van der Waals surface area contributed by atoms with Gasteiger partial charge in [-0.2, -0.15) is 0 Å². The number of pyridine rings is 1. The first kappa shape index (κ1) is 21.3. The van der Waals surface area contributed by atoms with Gasteiger partial charge < -0.3 is 15.2 Å². The Morgan fingerprint density at radius 3 is 2.47 bits per heavy atom. The number of aromatic nitrogens is 1. The highest BCUT2D eigenvalue weighted by Gasteiger charge is 2.23. The molecule has 1 heterocycles. The van der Waals surface area contributed by atoms with Gasteiger partial charge in [0.25, 0.3) is 0 Å². The van der Waals surface area contributed by atoms with E-state index in [-0.39, 0.29) is 22.0 Å². The van der Waals surface area contributed by atoms with Crippen LogP contribution < -0.4 is 10.1 Å². The van der Waals surface area contributed by atoms with E-state index in [0.717, 1.165) is 11.1 Å². The summed E-state index contributed by atoms with van der Waals surface area (Å²) in [6.07, 6.45) is 1.42. The first-order chi connectivity index (χ1) is 14.2. The standard InChI is InChI=1S/C22H22N2O5S/c1-14-11-15(2)20(19(12-14)22(25)26)24-13-16-5-4-10-23-21(16)30(27,28)18-8-6-17(29-3)7-9-18/h4-12,24H,13H2,1-3H3,(H,25,26). The molecule has 0 saturated heterocycles. The number of hydrogen-bond donors (Lipinski definition) is 2. The zero-order valence-electron chi connectivity index (χ0n) is 16.8. The van der Waals surface area contributed by atoms with Crippen molar-refractivity contribution in [1.29, 1.82) is 0 Å². The molecule has 8 heteroatoms. The van der Waals surface area contributed by atoms with Crippen molar-refractivity contribution >= 4 is 21.5 Å². The number of nitrogens with zero attached hydrogens (tertiary/aromatic N) is 1. The molecule has 30 heavy (non-hydrogen) atoms. The molecule has 0 atom stereocenters. The van der Waals surface area contributed by atoms with Crippen LogP contribution in [0.4, 0.5) is 5.69 Å². The van der Waals surface area contributed by atoms with Gasteiger partial charge >= 0.3 is 5.97 Å². The van der Waals surface area contributed by atoms with Crippen LogP contribution in [0.25, 0.3) is 0 Å². The van der Waals surface area contributed by atoms with Crippen LogP contribution in [0, 0.1) is 13.8 Å². The number of carbonyl (C=O) groups is 1. The molecule has 3 aromatic rings. The quantitative estimate of drug-likeness (QED) is 0.591. The third-order valence-electron chi connectivity index (χ3n) is 4.64. The average molecular weight is 426 g/mol. The van der Waals surface area contributed by atoms with Gasteiger partial charge in [-0.15, -0.1) is 0 Å². The van der Waals surface area contributed by atoms with Gasteiger partial charge in [0, 0.05) is 18.3 Å². The van der Waals surface area contributed by atoms with Gasteiger partial charge in [0.2, 0.25) is 9.84 Å². The molecule has 0 amide bonds. The van der Waals surface area contributed by atoms with Crippen molar-refractivity contribution in [2.75, 3.05) is 12.4 Å². The number of aromatic carboxylic acids is 1.